The number of nitriles is 1. The summed E-state index contributed by atoms with van der Waals surface area (Å²) in [5, 5.41) is 12.5. The highest BCUT2D eigenvalue weighted by Gasteiger charge is 2.47. The van der Waals surface area contributed by atoms with Gasteiger partial charge >= 0.3 is 0 Å². The molecule has 0 radical (unpaired) electrons. The number of nitrogens with one attached hydrogen (secondary N) is 3. The van der Waals surface area contributed by atoms with Crippen molar-refractivity contribution >= 4 is 5.91 Å². The lowest BCUT2D eigenvalue weighted by molar-refractivity contribution is -0.123. The first kappa shape index (κ1) is 18.9. The van der Waals surface area contributed by atoms with Crippen LogP contribution in [0.2, 0.25) is 0 Å². The monoisotopic (exact) mass is 403 g/mol. The molecule has 0 saturated carbocycles. The zero-order valence-electron chi connectivity index (χ0n) is 16.6. The highest BCUT2D eigenvalue weighted by molar-refractivity contribution is 5.82. The molecule has 5 rings (SSSR count). The predicted octanol–water partition coefficient (Wildman–Crippen LogP) is 2.59. The van der Waals surface area contributed by atoms with Crippen LogP contribution in [0.1, 0.15) is 37.3 Å². The Morgan fingerprint density at radius 3 is 2.67 bits per heavy atom. The Labute approximate surface area is 176 Å². The molecule has 154 valence electrons. The number of rotatable bonds is 5. The molecule has 0 spiro atoms. The van der Waals surface area contributed by atoms with E-state index in [1.54, 1.807) is 0 Å². The first-order valence-corrected chi connectivity index (χ1v) is 10.5. The molecule has 0 aliphatic carbocycles. The minimum absolute atomic E-state index is 0.0121. The van der Waals surface area contributed by atoms with Crippen molar-refractivity contribution in [1.29, 1.82) is 5.26 Å². The normalized spacial score (nSPS) is 29.6. The molecule has 2 unspecified atom stereocenters. The van der Waals surface area contributed by atoms with Crippen LogP contribution in [-0.4, -0.2) is 35.0 Å². The number of hydrogen-bond donors (Lipinski definition) is 3. The molecular formula is C23H25N5O2. The molecule has 3 heterocycles. The fourth-order valence-electron chi connectivity index (χ4n) is 4.99. The fraction of sp³-hybridized carbons (Fsp3) is 0.391. The maximum Gasteiger partial charge on any atom is 0.238 e. The summed E-state index contributed by atoms with van der Waals surface area (Å²) in [5.74, 6) is 1.55. The summed E-state index contributed by atoms with van der Waals surface area (Å²) in [7, 11) is 0. The van der Waals surface area contributed by atoms with Crippen LogP contribution in [0.5, 0.6) is 11.5 Å². The van der Waals surface area contributed by atoms with Gasteiger partial charge < -0.3 is 15.0 Å². The van der Waals surface area contributed by atoms with Crippen LogP contribution in [0, 0.1) is 11.5 Å². The van der Waals surface area contributed by atoms with Gasteiger partial charge in [0.1, 0.15) is 17.5 Å². The van der Waals surface area contributed by atoms with Crippen molar-refractivity contribution in [2.75, 3.05) is 0 Å². The van der Waals surface area contributed by atoms with Crippen molar-refractivity contribution in [3.05, 3.63) is 60.2 Å². The molecule has 2 bridgehead atoms. The van der Waals surface area contributed by atoms with Gasteiger partial charge in [-0.2, -0.15) is 5.26 Å². The minimum atomic E-state index is -0.325. The van der Waals surface area contributed by atoms with Gasteiger partial charge in [0.15, 0.2) is 6.19 Å². The van der Waals surface area contributed by atoms with Gasteiger partial charge in [-0.1, -0.05) is 36.4 Å². The van der Waals surface area contributed by atoms with E-state index < -0.39 is 0 Å². The molecule has 7 nitrogen and oxygen atoms in total. The van der Waals surface area contributed by atoms with Crippen LogP contribution in [-0.2, 0) is 4.79 Å². The predicted molar refractivity (Wildman–Crippen MR) is 111 cm³/mol. The Hall–Kier alpha value is -3.08. The fourth-order valence-corrected chi connectivity index (χ4v) is 4.99. The van der Waals surface area contributed by atoms with Gasteiger partial charge in [0.25, 0.3) is 0 Å². The Kier molecular flexibility index (Phi) is 5.03. The molecule has 30 heavy (non-hydrogen) atoms. The molecule has 3 fully saturated rings. The molecule has 1 amide bonds. The summed E-state index contributed by atoms with van der Waals surface area (Å²) in [5.41, 5.74) is 7.41. The van der Waals surface area contributed by atoms with Gasteiger partial charge in [-0.25, -0.2) is 10.9 Å². The molecule has 5 atom stereocenters. The molecule has 3 aliphatic rings. The smallest absolute Gasteiger partial charge is 0.238 e. The molecule has 3 saturated heterocycles. The van der Waals surface area contributed by atoms with E-state index in [0.29, 0.717) is 6.42 Å². The lowest BCUT2D eigenvalue weighted by Gasteiger charge is -2.23. The average molecular weight is 403 g/mol. The maximum absolute atomic E-state index is 12.9. The van der Waals surface area contributed by atoms with E-state index in [-0.39, 0.29) is 36.1 Å². The van der Waals surface area contributed by atoms with Crippen molar-refractivity contribution in [2.24, 2.45) is 0 Å². The van der Waals surface area contributed by atoms with Gasteiger partial charge in [-0.3, -0.25) is 4.79 Å². The molecular weight excluding hydrogens is 378 g/mol. The van der Waals surface area contributed by atoms with Gasteiger partial charge in [-0.05, 0) is 43.9 Å². The van der Waals surface area contributed by atoms with Crippen molar-refractivity contribution in [2.45, 2.75) is 55.9 Å². The van der Waals surface area contributed by atoms with Gasteiger partial charge in [0.05, 0.1) is 18.1 Å². The Balaban J connectivity index is 1.23. The second-order valence-electron chi connectivity index (χ2n) is 8.24. The van der Waals surface area contributed by atoms with E-state index in [0.717, 1.165) is 36.3 Å². The zero-order valence-corrected chi connectivity index (χ0v) is 16.6. The lowest BCUT2D eigenvalue weighted by atomic mass is 9.95. The number of hydrazine groups is 1. The number of carbonyl (C=O) groups is 1. The largest absolute Gasteiger partial charge is 0.457 e. The lowest BCUT2D eigenvalue weighted by Crippen LogP contribution is -2.50. The van der Waals surface area contributed by atoms with Crippen LogP contribution in [0.25, 0.3) is 0 Å². The minimum Gasteiger partial charge on any atom is -0.457 e. The van der Waals surface area contributed by atoms with Crippen LogP contribution < -0.4 is 20.9 Å². The second-order valence-corrected chi connectivity index (χ2v) is 8.24. The second kappa shape index (κ2) is 7.98. The Bertz CT molecular complexity index is 960. The number of para-hydroxylation sites is 2. The van der Waals surface area contributed by atoms with Crippen LogP contribution in [0.3, 0.4) is 0 Å². The SMILES string of the molecule is N#CN1[C@H]2CC[C@@H]1[C@H](NC(=O)C1CC(c3ccccc3Oc3ccccc3)NN1)C2. The summed E-state index contributed by atoms with van der Waals surface area (Å²) in [6, 6.07) is 17.7. The summed E-state index contributed by atoms with van der Waals surface area (Å²) in [6.45, 7) is 0. The van der Waals surface area contributed by atoms with Crippen molar-refractivity contribution in [1.82, 2.24) is 21.1 Å². The molecule has 2 aromatic rings. The van der Waals surface area contributed by atoms with E-state index in [2.05, 4.69) is 22.4 Å². The first-order valence-electron chi connectivity index (χ1n) is 10.5. The quantitative estimate of drug-likeness (QED) is 0.665. The number of ether oxygens (including phenoxy) is 1. The molecule has 3 aliphatic heterocycles. The van der Waals surface area contributed by atoms with Crippen molar-refractivity contribution in [3.8, 4) is 17.7 Å². The number of amides is 1. The highest BCUT2D eigenvalue weighted by atomic mass is 16.5. The Morgan fingerprint density at radius 2 is 1.87 bits per heavy atom. The highest BCUT2D eigenvalue weighted by Crippen LogP contribution is 2.37. The topological polar surface area (TPSA) is 89.4 Å². The number of hydrogen-bond acceptors (Lipinski definition) is 6. The molecule has 0 aromatic heterocycles. The average Bonchev–Trinajstić information content (AvgIpc) is 3.49. The van der Waals surface area contributed by atoms with E-state index in [1.165, 1.54) is 0 Å². The van der Waals surface area contributed by atoms with E-state index in [9.17, 15) is 10.1 Å². The molecule has 2 aromatic carbocycles. The van der Waals surface area contributed by atoms with Crippen LogP contribution in [0.4, 0.5) is 0 Å². The third-order valence-electron chi connectivity index (χ3n) is 6.47. The maximum atomic E-state index is 12.9. The number of carbonyl (C=O) groups excluding carboxylic acids is 1. The van der Waals surface area contributed by atoms with E-state index in [4.69, 9.17) is 4.74 Å². The summed E-state index contributed by atoms with van der Waals surface area (Å²) in [6.07, 6.45) is 5.81. The van der Waals surface area contributed by atoms with E-state index >= 15 is 0 Å². The zero-order chi connectivity index (χ0) is 20.5. The first-order chi connectivity index (χ1) is 14.7. The number of benzene rings is 2. The number of nitrogens with zero attached hydrogens (tertiary/aromatic N) is 2. The van der Waals surface area contributed by atoms with Crippen LogP contribution in [0.15, 0.2) is 54.6 Å². The third-order valence-corrected chi connectivity index (χ3v) is 6.47. The molecule has 7 heteroatoms. The summed E-state index contributed by atoms with van der Waals surface area (Å²) >= 11 is 0. The summed E-state index contributed by atoms with van der Waals surface area (Å²) in [4.78, 5) is 14.7. The standard InChI is InChI=1S/C23H25N5O2/c24-14-28-15-10-11-21(28)19(12-15)25-23(29)20-13-18(26-27-20)17-8-4-5-9-22(17)30-16-6-2-1-3-7-16/h1-9,15,18-21,26-27H,10-13H2,(H,25,29)/t15-,18?,19+,20?,21+/m0/s1. The van der Waals surface area contributed by atoms with Gasteiger partial charge in [0, 0.05) is 11.6 Å². The van der Waals surface area contributed by atoms with Crippen molar-refractivity contribution in [3.63, 3.8) is 0 Å². The van der Waals surface area contributed by atoms with Gasteiger partial charge in [0.2, 0.25) is 5.91 Å². The summed E-state index contributed by atoms with van der Waals surface area (Å²) < 4.78 is 6.08. The van der Waals surface area contributed by atoms with E-state index in [1.807, 2.05) is 59.5 Å². The third kappa shape index (κ3) is 3.49. The van der Waals surface area contributed by atoms with Crippen LogP contribution >= 0.6 is 0 Å². The van der Waals surface area contributed by atoms with Gasteiger partial charge in [-0.15, -0.1) is 0 Å². The van der Waals surface area contributed by atoms with Crippen molar-refractivity contribution < 1.29 is 9.53 Å². The number of fused-ring (bicyclic) bond motifs is 2. The molecule has 3 N–H and O–H groups in total. The Morgan fingerprint density at radius 1 is 1.07 bits per heavy atom.